The number of hydrogen-bond acceptors (Lipinski definition) is 3. The number of carbonyl (C=O) groups is 1. The number of amides is 1. The van der Waals surface area contributed by atoms with Crippen LogP contribution in [0.1, 0.15) is 5.56 Å². The van der Waals surface area contributed by atoms with E-state index in [1.165, 1.54) is 0 Å². The predicted molar refractivity (Wildman–Crippen MR) is 58.3 cm³/mol. The van der Waals surface area contributed by atoms with Gasteiger partial charge in [0.15, 0.2) is 0 Å². The van der Waals surface area contributed by atoms with Crippen LogP contribution in [0.25, 0.3) is 0 Å². The summed E-state index contributed by atoms with van der Waals surface area (Å²) in [7, 11) is 0. The Kier molecular flexibility index (Phi) is 4.55. The van der Waals surface area contributed by atoms with E-state index < -0.39 is 11.9 Å². The summed E-state index contributed by atoms with van der Waals surface area (Å²) in [4.78, 5) is 10.6. The number of carbonyl (C=O) groups excluding carboxylic acids is 1. The zero-order valence-corrected chi connectivity index (χ0v) is 8.91. The molecule has 0 aliphatic rings. The van der Waals surface area contributed by atoms with Crippen molar-refractivity contribution in [1.82, 2.24) is 0 Å². The van der Waals surface area contributed by atoms with Gasteiger partial charge in [0.2, 0.25) is 5.91 Å². The van der Waals surface area contributed by atoms with Gasteiger partial charge in [-0.2, -0.15) is 0 Å². The van der Waals surface area contributed by atoms with E-state index in [9.17, 15) is 4.79 Å². The highest BCUT2D eigenvalue weighted by atomic mass is 35.5. The molecule has 0 radical (unpaired) electrons. The molecule has 4 N–H and O–H groups in total. The maximum atomic E-state index is 10.6. The predicted octanol–water partition coefficient (Wildman–Crippen LogP) is 0.669. The Morgan fingerprint density at radius 3 is 2.73 bits per heavy atom. The minimum atomic E-state index is -0.771. The van der Waals surface area contributed by atoms with E-state index in [1.54, 1.807) is 6.07 Å². The molecular weight excluding hydrogens is 216 g/mol. The summed E-state index contributed by atoms with van der Waals surface area (Å²) in [5, 5.41) is 0.630. The van der Waals surface area contributed by atoms with Gasteiger partial charge in [-0.25, -0.2) is 0 Å². The lowest BCUT2D eigenvalue weighted by Gasteiger charge is -2.09. The first kappa shape index (κ1) is 12.0. The van der Waals surface area contributed by atoms with Crippen LogP contribution in [0, 0.1) is 0 Å². The first-order valence-electron chi connectivity index (χ1n) is 4.47. The average molecular weight is 229 g/mol. The van der Waals surface area contributed by atoms with Crippen molar-refractivity contribution in [3.05, 3.63) is 34.9 Å². The molecule has 0 unspecified atom stereocenters. The molecule has 4 nitrogen and oxygen atoms in total. The lowest BCUT2D eigenvalue weighted by molar-refractivity contribution is -0.120. The number of benzene rings is 1. The minimum absolute atomic E-state index is 0.0978. The Hall–Kier alpha value is -1.10. The first-order valence-corrected chi connectivity index (χ1v) is 4.85. The lowest BCUT2D eigenvalue weighted by Crippen LogP contribution is -2.40. The quantitative estimate of drug-likeness (QED) is 0.778. The Morgan fingerprint density at radius 2 is 2.13 bits per heavy atom. The number of rotatable bonds is 5. The van der Waals surface area contributed by atoms with Gasteiger partial charge in [-0.15, -0.1) is 0 Å². The monoisotopic (exact) mass is 228 g/mol. The van der Waals surface area contributed by atoms with Gasteiger partial charge in [0.25, 0.3) is 0 Å². The molecule has 1 aromatic carbocycles. The Morgan fingerprint density at radius 1 is 1.47 bits per heavy atom. The number of nitrogens with two attached hydrogens (primary N) is 2. The van der Waals surface area contributed by atoms with Crippen molar-refractivity contribution >= 4 is 17.5 Å². The van der Waals surface area contributed by atoms with E-state index in [2.05, 4.69) is 0 Å². The molecule has 1 aromatic rings. The summed E-state index contributed by atoms with van der Waals surface area (Å²) in [6, 6.07) is 6.54. The highest BCUT2D eigenvalue weighted by Gasteiger charge is 2.09. The average Bonchev–Trinajstić information content (AvgIpc) is 2.20. The van der Waals surface area contributed by atoms with Crippen molar-refractivity contribution in [2.45, 2.75) is 12.6 Å². The third-order valence-electron chi connectivity index (χ3n) is 1.88. The molecule has 1 atom stereocenters. The van der Waals surface area contributed by atoms with Crippen molar-refractivity contribution in [2.75, 3.05) is 6.61 Å². The van der Waals surface area contributed by atoms with Gasteiger partial charge in [0.1, 0.15) is 6.04 Å². The van der Waals surface area contributed by atoms with Gasteiger partial charge in [-0.05, 0) is 11.6 Å². The summed E-state index contributed by atoms with van der Waals surface area (Å²) < 4.78 is 5.21. The van der Waals surface area contributed by atoms with Gasteiger partial charge in [0, 0.05) is 5.02 Å². The van der Waals surface area contributed by atoms with Gasteiger partial charge >= 0.3 is 0 Å². The van der Waals surface area contributed by atoms with Crippen molar-refractivity contribution in [2.24, 2.45) is 11.5 Å². The van der Waals surface area contributed by atoms with Crippen LogP contribution in [0.4, 0.5) is 0 Å². The van der Waals surface area contributed by atoms with E-state index in [4.69, 9.17) is 27.8 Å². The zero-order chi connectivity index (χ0) is 11.3. The van der Waals surface area contributed by atoms with Crippen molar-refractivity contribution in [1.29, 1.82) is 0 Å². The van der Waals surface area contributed by atoms with E-state index in [1.807, 2.05) is 18.2 Å². The second-order valence-electron chi connectivity index (χ2n) is 3.12. The largest absolute Gasteiger partial charge is 0.375 e. The normalized spacial score (nSPS) is 12.4. The van der Waals surface area contributed by atoms with Crippen molar-refractivity contribution in [3.8, 4) is 0 Å². The maximum Gasteiger partial charge on any atom is 0.236 e. The second kappa shape index (κ2) is 5.70. The Labute approximate surface area is 93.1 Å². The SMILES string of the molecule is NC(=O)[C@@H](N)COCc1ccccc1Cl. The highest BCUT2D eigenvalue weighted by Crippen LogP contribution is 2.15. The number of ether oxygens (including phenoxy) is 1. The molecule has 0 saturated carbocycles. The van der Waals surface area contributed by atoms with E-state index in [-0.39, 0.29) is 6.61 Å². The van der Waals surface area contributed by atoms with Crippen LogP contribution in [0.3, 0.4) is 0 Å². The molecule has 1 rings (SSSR count). The fraction of sp³-hybridized carbons (Fsp3) is 0.300. The van der Waals surface area contributed by atoms with Crippen LogP contribution < -0.4 is 11.5 Å². The zero-order valence-electron chi connectivity index (χ0n) is 8.15. The molecule has 0 spiro atoms. The van der Waals surface area contributed by atoms with Gasteiger partial charge in [0.05, 0.1) is 13.2 Å². The molecule has 0 bridgehead atoms. The van der Waals surface area contributed by atoms with Crippen molar-refractivity contribution in [3.63, 3.8) is 0 Å². The third kappa shape index (κ3) is 3.87. The molecule has 5 heteroatoms. The van der Waals surface area contributed by atoms with E-state index in [0.29, 0.717) is 11.6 Å². The summed E-state index contributed by atoms with van der Waals surface area (Å²) in [5.74, 6) is -0.575. The fourth-order valence-electron chi connectivity index (χ4n) is 0.993. The fourth-order valence-corrected chi connectivity index (χ4v) is 1.18. The van der Waals surface area contributed by atoms with Crippen LogP contribution in [-0.2, 0) is 16.1 Å². The topological polar surface area (TPSA) is 78.3 Å². The first-order chi connectivity index (χ1) is 7.11. The van der Waals surface area contributed by atoms with Gasteiger partial charge in [-0.1, -0.05) is 29.8 Å². The van der Waals surface area contributed by atoms with Crippen LogP contribution >= 0.6 is 11.6 Å². The third-order valence-corrected chi connectivity index (χ3v) is 2.25. The van der Waals surface area contributed by atoms with Gasteiger partial charge < -0.3 is 16.2 Å². The van der Waals surface area contributed by atoms with Crippen LogP contribution in [0.2, 0.25) is 5.02 Å². The summed E-state index contributed by atoms with van der Waals surface area (Å²) >= 11 is 5.90. The number of hydrogen-bond donors (Lipinski definition) is 2. The molecule has 15 heavy (non-hydrogen) atoms. The molecule has 82 valence electrons. The molecule has 0 heterocycles. The second-order valence-corrected chi connectivity index (χ2v) is 3.52. The molecule has 0 saturated heterocycles. The van der Waals surface area contributed by atoms with Gasteiger partial charge in [-0.3, -0.25) is 4.79 Å². The van der Waals surface area contributed by atoms with Crippen LogP contribution in [0.15, 0.2) is 24.3 Å². The van der Waals surface area contributed by atoms with Crippen molar-refractivity contribution < 1.29 is 9.53 Å². The number of halogens is 1. The maximum absolute atomic E-state index is 10.6. The standard InChI is InChI=1S/C10H13ClN2O2/c11-8-4-2-1-3-7(8)5-15-6-9(12)10(13)14/h1-4,9H,5-6,12H2,(H2,13,14)/t9-/m0/s1. The number of primary amides is 1. The molecule has 0 aromatic heterocycles. The van der Waals surface area contributed by atoms with E-state index in [0.717, 1.165) is 5.56 Å². The lowest BCUT2D eigenvalue weighted by atomic mass is 10.2. The molecule has 0 aliphatic carbocycles. The summed E-state index contributed by atoms with van der Waals surface area (Å²) in [6.45, 7) is 0.418. The van der Waals surface area contributed by atoms with Crippen LogP contribution in [-0.4, -0.2) is 18.6 Å². The van der Waals surface area contributed by atoms with Crippen LogP contribution in [0.5, 0.6) is 0 Å². The summed E-state index contributed by atoms with van der Waals surface area (Å²) in [5.41, 5.74) is 11.2. The summed E-state index contributed by atoms with van der Waals surface area (Å²) in [6.07, 6.45) is 0. The molecule has 1 amide bonds. The smallest absolute Gasteiger partial charge is 0.236 e. The Balaban J connectivity index is 2.38. The molecule has 0 aliphatic heterocycles. The molecule has 0 fully saturated rings. The Bertz CT molecular complexity index is 344. The molecular formula is C10H13ClN2O2. The van der Waals surface area contributed by atoms with E-state index >= 15 is 0 Å². The highest BCUT2D eigenvalue weighted by molar-refractivity contribution is 6.31. The minimum Gasteiger partial charge on any atom is -0.375 e.